The molecule has 432 valence electrons. The number of halogens is 2. The van der Waals surface area contributed by atoms with Crippen molar-refractivity contribution in [1.29, 1.82) is 0 Å². The minimum absolute atomic E-state index is 0.179. The largest absolute Gasteiger partial charge is 0.466 e. The number of carbonyl (C=O) groups excluding carboxylic acids is 5. The van der Waals surface area contributed by atoms with Gasteiger partial charge in [-0.25, -0.2) is 28.0 Å². The van der Waals surface area contributed by atoms with Crippen molar-refractivity contribution in [1.82, 2.24) is 9.55 Å². The summed E-state index contributed by atoms with van der Waals surface area (Å²) in [6, 6.07) is 20.5. The molecule has 2 saturated carbocycles. The van der Waals surface area contributed by atoms with Crippen LogP contribution in [0.1, 0.15) is 179 Å². The SMILES string of the molecule is C=C(C(=O)OC)P(=O)(OC)OC.CC(=O)c1cc(F)ccc1-c1[nH]c2cc(C(=O)OC(C)(C)C)ccc2c1C1CCCCC1.COC(=O)C1=C(C)c2cc(F)ccc2-c2c(C3CCCCC3)c3ccc(C(=O)OC(C)(C)C)cc3n2C1. The number of allylic oxidation sites excluding steroid dienone is 1. The standard InChI is InChI=1S/C31H34FNO4.C27H30FNO3.C6H11O5P/c1-18-24-16-21(32)12-14-22(24)28-27(19-9-7-6-8-10-19)23-13-11-20(29(34)37-31(2,3)4)15-26(23)33(28)17-25(18)30(35)36-5;1-16(30)22-15-19(28)11-13-20(22)25-24(17-8-6-5-7-9-17)21-12-10-18(14-23(21)29-25)26(31)32-27(2,3)4;1-5(6(7)9-2)12(8,10-3)11-4/h11-16,19H,6-10,17H2,1-5H3;10-15,17,29H,5-9H2,1-4H3;1H2,2-4H3. The van der Waals surface area contributed by atoms with Crippen LogP contribution in [0.4, 0.5) is 8.78 Å². The molecule has 3 aliphatic rings. The van der Waals surface area contributed by atoms with Crippen molar-refractivity contribution >= 4 is 64.6 Å². The minimum Gasteiger partial charge on any atom is -0.466 e. The number of aromatic nitrogens is 2. The predicted molar refractivity (Wildman–Crippen MR) is 310 cm³/mol. The Balaban J connectivity index is 0.000000196. The molecule has 4 aromatic carbocycles. The van der Waals surface area contributed by atoms with Gasteiger partial charge >= 0.3 is 31.5 Å². The van der Waals surface area contributed by atoms with Crippen LogP contribution in [0.2, 0.25) is 0 Å². The van der Waals surface area contributed by atoms with Crippen molar-refractivity contribution in [2.75, 3.05) is 28.4 Å². The Hall–Kier alpha value is -7.00. The number of benzene rings is 4. The highest BCUT2D eigenvalue weighted by Gasteiger charge is 2.34. The van der Waals surface area contributed by atoms with E-state index in [2.05, 4.69) is 29.9 Å². The first-order valence-corrected chi connectivity index (χ1v) is 29.0. The Morgan fingerprint density at radius 1 is 0.630 bits per heavy atom. The van der Waals surface area contributed by atoms with Crippen LogP contribution in [-0.4, -0.2) is 78.9 Å². The highest BCUT2D eigenvalue weighted by Crippen LogP contribution is 2.54. The summed E-state index contributed by atoms with van der Waals surface area (Å²) in [7, 11) is 1.34. The summed E-state index contributed by atoms with van der Waals surface area (Å²) in [4.78, 5) is 65.2. The monoisotopic (exact) mass is 1130 g/mol. The summed E-state index contributed by atoms with van der Waals surface area (Å²) in [5.74, 6) is -2.27. The van der Waals surface area contributed by atoms with Gasteiger partial charge in [-0.2, -0.15) is 0 Å². The zero-order chi connectivity index (χ0) is 59.3. The van der Waals surface area contributed by atoms with Gasteiger partial charge in [0.05, 0.1) is 48.9 Å². The maximum atomic E-state index is 14.5. The maximum Gasteiger partial charge on any atom is 0.367 e. The van der Waals surface area contributed by atoms with Gasteiger partial charge < -0.3 is 37.5 Å². The van der Waals surface area contributed by atoms with Crippen LogP contribution >= 0.6 is 7.60 Å². The van der Waals surface area contributed by atoms with Gasteiger partial charge in [-0.05, 0) is 176 Å². The van der Waals surface area contributed by atoms with Gasteiger partial charge in [0, 0.05) is 52.7 Å². The van der Waals surface area contributed by atoms with E-state index in [9.17, 15) is 37.3 Å². The third-order valence-corrected chi connectivity index (χ3v) is 16.7. The number of nitrogens with one attached hydrogen (secondary N) is 1. The van der Waals surface area contributed by atoms with Crippen LogP contribution in [0.3, 0.4) is 0 Å². The lowest BCUT2D eigenvalue weighted by molar-refractivity contribution is -0.136. The van der Waals surface area contributed by atoms with Gasteiger partial charge in [0.15, 0.2) is 5.78 Å². The van der Waals surface area contributed by atoms with E-state index in [0.29, 0.717) is 50.8 Å². The Morgan fingerprint density at radius 2 is 1.15 bits per heavy atom. The zero-order valence-corrected chi connectivity index (χ0v) is 49.5. The number of ketones is 1. The third-order valence-electron chi connectivity index (χ3n) is 14.9. The summed E-state index contributed by atoms with van der Waals surface area (Å²) in [5, 5.41) is 1.79. The number of esters is 4. The molecule has 17 heteroatoms. The van der Waals surface area contributed by atoms with E-state index >= 15 is 0 Å². The van der Waals surface area contributed by atoms with Crippen molar-refractivity contribution in [3.8, 4) is 22.5 Å². The van der Waals surface area contributed by atoms with Crippen LogP contribution in [0, 0.1) is 11.6 Å². The Kier molecular flexibility index (Phi) is 19.3. The third kappa shape index (κ3) is 13.9. The summed E-state index contributed by atoms with van der Waals surface area (Å²) in [6.07, 6.45) is 11.4. The molecule has 0 radical (unpaired) electrons. The van der Waals surface area contributed by atoms with E-state index < -0.39 is 36.6 Å². The number of hydrogen-bond acceptors (Lipinski definition) is 12. The van der Waals surface area contributed by atoms with E-state index in [1.54, 1.807) is 12.1 Å². The van der Waals surface area contributed by atoms with Crippen molar-refractivity contribution in [2.45, 2.75) is 149 Å². The van der Waals surface area contributed by atoms with E-state index in [0.717, 1.165) is 103 Å². The van der Waals surface area contributed by atoms with Crippen molar-refractivity contribution in [3.05, 3.63) is 135 Å². The van der Waals surface area contributed by atoms with E-state index in [4.69, 9.17) is 14.2 Å². The summed E-state index contributed by atoms with van der Waals surface area (Å²) < 4.78 is 71.6. The van der Waals surface area contributed by atoms with Gasteiger partial charge in [0.2, 0.25) is 0 Å². The lowest BCUT2D eigenvalue weighted by Crippen LogP contribution is -2.23. The number of fused-ring (bicyclic) bond motifs is 6. The highest BCUT2D eigenvalue weighted by molar-refractivity contribution is 7.59. The molecule has 81 heavy (non-hydrogen) atoms. The lowest BCUT2D eigenvalue weighted by Gasteiger charge is -2.24. The number of aromatic amines is 1. The second-order valence-electron chi connectivity index (χ2n) is 22.8. The molecule has 9 rings (SSSR count). The molecule has 0 unspecified atom stereocenters. The van der Waals surface area contributed by atoms with E-state index in [1.165, 1.54) is 70.9 Å². The fraction of sp³-hybridized carbons (Fsp3) is 0.422. The van der Waals surface area contributed by atoms with Crippen LogP contribution in [0.25, 0.3) is 49.9 Å². The second kappa shape index (κ2) is 25.4. The number of rotatable bonds is 11. The first-order valence-electron chi connectivity index (χ1n) is 27.4. The zero-order valence-electron chi connectivity index (χ0n) is 48.6. The number of ether oxygens (including phenoxy) is 4. The molecule has 0 bridgehead atoms. The van der Waals surface area contributed by atoms with Gasteiger partial charge in [-0.1, -0.05) is 57.2 Å². The number of methoxy groups -OCH3 is 2. The molecule has 1 N–H and O–H groups in total. The van der Waals surface area contributed by atoms with Crippen LogP contribution in [0.15, 0.2) is 90.3 Å². The molecule has 0 spiro atoms. The Labute approximate surface area is 473 Å². The van der Waals surface area contributed by atoms with Crippen molar-refractivity contribution < 1.29 is 65.3 Å². The Bertz CT molecular complexity index is 3480. The molecule has 3 heterocycles. The lowest BCUT2D eigenvalue weighted by atomic mass is 9.81. The molecule has 2 fully saturated rings. The van der Waals surface area contributed by atoms with Crippen molar-refractivity contribution in [2.24, 2.45) is 0 Å². The van der Waals surface area contributed by atoms with Gasteiger partial charge in [0.1, 0.15) is 28.2 Å². The number of carbonyl (C=O) groups is 5. The molecule has 0 atom stereocenters. The van der Waals surface area contributed by atoms with Gasteiger partial charge in [-0.3, -0.25) is 9.36 Å². The van der Waals surface area contributed by atoms with Gasteiger partial charge in [0.25, 0.3) is 0 Å². The second-order valence-corrected chi connectivity index (χ2v) is 25.0. The number of H-pyrrole nitrogens is 1. The number of Topliss-reactive ketones (excluding diaryl/α,β-unsaturated/α-hetero) is 1. The fourth-order valence-corrected chi connectivity index (χ4v) is 12.1. The first-order chi connectivity index (χ1) is 38.2. The Morgan fingerprint density at radius 3 is 1.67 bits per heavy atom. The summed E-state index contributed by atoms with van der Waals surface area (Å²) in [5.41, 5.74) is 9.49. The predicted octanol–water partition coefficient (Wildman–Crippen LogP) is 15.7. The van der Waals surface area contributed by atoms with Gasteiger partial charge in [-0.15, -0.1) is 0 Å². The average Bonchev–Trinajstić information content (AvgIpc) is 4.20. The topological polar surface area (TPSA) is 179 Å². The molecule has 14 nitrogen and oxygen atoms in total. The van der Waals surface area contributed by atoms with E-state index in [1.807, 2.05) is 84.9 Å². The molecule has 1 aliphatic heterocycles. The highest BCUT2D eigenvalue weighted by atomic mass is 31.2. The number of hydrogen-bond donors (Lipinski definition) is 1. The molecular weight excluding hydrogens is 1060 g/mol. The summed E-state index contributed by atoms with van der Waals surface area (Å²) in [6.45, 7) is 17.9. The van der Waals surface area contributed by atoms with Crippen molar-refractivity contribution in [3.63, 3.8) is 0 Å². The van der Waals surface area contributed by atoms with Crippen LogP contribution < -0.4 is 0 Å². The smallest absolute Gasteiger partial charge is 0.367 e. The molecule has 6 aromatic rings. The van der Waals surface area contributed by atoms with Crippen LogP contribution in [0.5, 0.6) is 0 Å². The number of nitrogens with zero attached hydrogens (tertiary/aromatic N) is 1. The molecule has 0 saturated heterocycles. The molecule has 0 amide bonds. The quantitative estimate of drug-likeness (QED) is 0.0427. The molecule has 2 aliphatic carbocycles. The summed E-state index contributed by atoms with van der Waals surface area (Å²) >= 11 is 0. The molecular formula is C64H75F2N2O12P. The average molecular weight is 1130 g/mol. The first kappa shape index (κ1) is 61.6. The van der Waals surface area contributed by atoms with Crippen LogP contribution in [-0.2, 0) is 48.7 Å². The van der Waals surface area contributed by atoms with E-state index in [-0.39, 0.29) is 35.4 Å². The maximum absolute atomic E-state index is 14.5. The normalized spacial score (nSPS) is 15.0. The minimum atomic E-state index is -3.51. The fourth-order valence-electron chi connectivity index (χ4n) is 11.2. The molecule has 2 aromatic heterocycles.